The van der Waals surface area contributed by atoms with E-state index in [-0.39, 0.29) is 19.1 Å². The highest BCUT2D eigenvalue weighted by molar-refractivity contribution is 7.59. The molecule has 0 saturated heterocycles. The minimum Gasteiger partial charge on any atom is -0.373 e. The molecular weight excluding hydrogens is 156 g/mol. The van der Waals surface area contributed by atoms with Crippen molar-refractivity contribution < 1.29 is 4.74 Å². The summed E-state index contributed by atoms with van der Waals surface area (Å²) in [6, 6.07) is 0. The number of hydrogen-bond donors (Lipinski definition) is 0. The van der Waals surface area contributed by atoms with E-state index in [0.29, 0.717) is 12.0 Å². The van der Waals surface area contributed by atoms with E-state index < -0.39 is 0 Å². The molecule has 0 aliphatic carbocycles. The van der Waals surface area contributed by atoms with Gasteiger partial charge in [-0.2, -0.15) is 13.5 Å². The summed E-state index contributed by atoms with van der Waals surface area (Å²) in [7, 11) is 0. The second-order valence-electron chi connectivity index (χ2n) is 4.18. The highest BCUT2D eigenvalue weighted by atomic mass is 32.1. The van der Waals surface area contributed by atoms with E-state index in [9.17, 15) is 0 Å². The normalized spacial score (nSPS) is 14.5. The third kappa shape index (κ3) is 8.21. The molecule has 0 saturated carbocycles. The van der Waals surface area contributed by atoms with Crippen molar-refractivity contribution in [3.8, 4) is 0 Å². The molecule has 1 atom stereocenters. The summed E-state index contributed by atoms with van der Waals surface area (Å²) < 4.78 is 5.70. The van der Waals surface area contributed by atoms with Gasteiger partial charge in [-0.3, -0.25) is 0 Å². The van der Waals surface area contributed by atoms with Crippen LogP contribution in [0.3, 0.4) is 0 Å². The average molecular weight is 178 g/mol. The maximum absolute atomic E-state index is 5.70. The Kier molecular flexibility index (Phi) is 6.36. The van der Waals surface area contributed by atoms with Crippen LogP contribution in [0.5, 0.6) is 0 Å². The van der Waals surface area contributed by atoms with Gasteiger partial charge in [-0.05, 0) is 33.6 Å². The molecule has 0 aromatic rings. The molecule has 0 heterocycles. The molecule has 0 aromatic carbocycles. The summed E-state index contributed by atoms with van der Waals surface area (Å²) in [5.41, 5.74) is 0.00366. The zero-order chi connectivity index (χ0) is 8.36. The maximum atomic E-state index is 5.70. The minimum absolute atomic E-state index is 0. The van der Waals surface area contributed by atoms with Crippen LogP contribution in [0.1, 0.15) is 41.5 Å². The predicted octanol–water partition coefficient (Wildman–Crippen LogP) is 2.96. The maximum Gasteiger partial charge on any atom is 0.0602 e. The van der Waals surface area contributed by atoms with E-state index in [0.717, 1.165) is 0 Å². The molecule has 11 heavy (non-hydrogen) atoms. The standard InChI is InChI=1S/C9H20O.H2S/c1-7(2)8(3)10-9(4,5)6;/h7-8H,1-6H3;1H2/t8-;/m1./s1. The zero-order valence-corrected chi connectivity index (χ0v) is 9.56. The Labute approximate surface area is 78.0 Å². The molecule has 0 radical (unpaired) electrons. The molecule has 70 valence electrons. The van der Waals surface area contributed by atoms with Gasteiger partial charge in [0.15, 0.2) is 0 Å². The lowest BCUT2D eigenvalue weighted by atomic mass is 10.1. The number of rotatable bonds is 2. The van der Waals surface area contributed by atoms with Crippen molar-refractivity contribution >= 4 is 13.5 Å². The largest absolute Gasteiger partial charge is 0.373 e. The summed E-state index contributed by atoms with van der Waals surface area (Å²) in [5.74, 6) is 0.610. The third-order valence-electron chi connectivity index (χ3n) is 1.48. The van der Waals surface area contributed by atoms with Gasteiger partial charge in [0.25, 0.3) is 0 Å². The van der Waals surface area contributed by atoms with Gasteiger partial charge >= 0.3 is 0 Å². The van der Waals surface area contributed by atoms with Crippen LogP contribution in [0.15, 0.2) is 0 Å². The SMILES string of the molecule is CC(C)[C@@H](C)OC(C)(C)C.S. The predicted molar refractivity (Wildman–Crippen MR) is 55.5 cm³/mol. The van der Waals surface area contributed by atoms with E-state index in [1.54, 1.807) is 0 Å². The Morgan fingerprint density at radius 1 is 1.00 bits per heavy atom. The van der Waals surface area contributed by atoms with E-state index >= 15 is 0 Å². The lowest BCUT2D eigenvalue weighted by molar-refractivity contribution is -0.0698. The van der Waals surface area contributed by atoms with Crippen molar-refractivity contribution in [2.75, 3.05) is 0 Å². The van der Waals surface area contributed by atoms with Crippen LogP contribution in [0.25, 0.3) is 0 Å². The van der Waals surface area contributed by atoms with Crippen LogP contribution < -0.4 is 0 Å². The summed E-state index contributed by atoms with van der Waals surface area (Å²) in [5, 5.41) is 0. The molecule has 1 nitrogen and oxygen atoms in total. The smallest absolute Gasteiger partial charge is 0.0602 e. The van der Waals surface area contributed by atoms with Crippen LogP contribution in [-0.4, -0.2) is 11.7 Å². The fourth-order valence-electron chi connectivity index (χ4n) is 0.694. The van der Waals surface area contributed by atoms with Crippen molar-refractivity contribution in [2.45, 2.75) is 53.2 Å². The molecular formula is C9H22OS. The second-order valence-corrected chi connectivity index (χ2v) is 4.18. The van der Waals surface area contributed by atoms with Gasteiger partial charge in [0.2, 0.25) is 0 Å². The molecule has 0 amide bonds. The van der Waals surface area contributed by atoms with Crippen molar-refractivity contribution in [2.24, 2.45) is 5.92 Å². The average Bonchev–Trinajstić information content (AvgIpc) is 1.60. The first-order chi connectivity index (χ1) is 4.33. The molecule has 0 spiro atoms. The fourth-order valence-corrected chi connectivity index (χ4v) is 0.694. The topological polar surface area (TPSA) is 9.23 Å². The zero-order valence-electron chi connectivity index (χ0n) is 8.56. The third-order valence-corrected chi connectivity index (χ3v) is 1.48. The van der Waals surface area contributed by atoms with Crippen molar-refractivity contribution in [1.82, 2.24) is 0 Å². The Hall–Kier alpha value is 0.310. The van der Waals surface area contributed by atoms with Crippen LogP contribution in [-0.2, 0) is 4.74 Å². The second kappa shape index (κ2) is 5.04. The molecule has 0 aromatic heterocycles. The lowest BCUT2D eigenvalue weighted by Gasteiger charge is -2.27. The van der Waals surface area contributed by atoms with Crippen LogP contribution in [0.2, 0.25) is 0 Å². The molecule has 2 heteroatoms. The Morgan fingerprint density at radius 3 is 1.45 bits per heavy atom. The van der Waals surface area contributed by atoms with Gasteiger partial charge in [-0.15, -0.1) is 0 Å². The van der Waals surface area contributed by atoms with Crippen LogP contribution in [0, 0.1) is 5.92 Å². The summed E-state index contributed by atoms with van der Waals surface area (Å²) in [6.07, 6.45) is 0.361. The van der Waals surface area contributed by atoms with Gasteiger partial charge in [0.05, 0.1) is 11.7 Å². The van der Waals surface area contributed by atoms with E-state index in [4.69, 9.17) is 4.74 Å². The molecule has 0 aliphatic heterocycles. The summed E-state index contributed by atoms with van der Waals surface area (Å²) >= 11 is 0. The highest BCUT2D eigenvalue weighted by Crippen LogP contribution is 2.15. The molecule has 0 bridgehead atoms. The van der Waals surface area contributed by atoms with Gasteiger partial charge < -0.3 is 4.74 Å². The Balaban J connectivity index is 0. The van der Waals surface area contributed by atoms with Crippen molar-refractivity contribution in [1.29, 1.82) is 0 Å². The monoisotopic (exact) mass is 178 g/mol. The first-order valence-electron chi connectivity index (χ1n) is 4.01. The van der Waals surface area contributed by atoms with Gasteiger partial charge in [0.1, 0.15) is 0 Å². The lowest BCUT2D eigenvalue weighted by Crippen LogP contribution is -2.28. The van der Waals surface area contributed by atoms with E-state index in [2.05, 4.69) is 41.5 Å². The first-order valence-corrected chi connectivity index (χ1v) is 4.01. The molecule has 0 aliphatic rings. The highest BCUT2D eigenvalue weighted by Gasteiger charge is 2.16. The Morgan fingerprint density at radius 2 is 1.36 bits per heavy atom. The number of ether oxygens (including phenoxy) is 1. The quantitative estimate of drug-likeness (QED) is 0.631. The molecule has 0 N–H and O–H groups in total. The molecule has 0 unspecified atom stereocenters. The van der Waals surface area contributed by atoms with Gasteiger partial charge in [-0.25, -0.2) is 0 Å². The fraction of sp³-hybridized carbons (Fsp3) is 1.00. The van der Waals surface area contributed by atoms with Crippen LogP contribution in [0.4, 0.5) is 0 Å². The van der Waals surface area contributed by atoms with Gasteiger partial charge in [0, 0.05) is 0 Å². The van der Waals surface area contributed by atoms with Gasteiger partial charge in [-0.1, -0.05) is 13.8 Å². The van der Waals surface area contributed by atoms with Crippen LogP contribution >= 0.6 is 13.5 Å². The molecule has 0 rings (SSSR count). The number of hydrogen-bond acceptors (Lipinski definition) is 1. The summed E-state index contributed by atoms with van der Waals surface area (Å²) in [6.45, 7) is 12.7. The van der Waals surface area contributed by atoms with Crippen molar-refractivity contribution in [3.05, 3.63) is 0 Å². The first kappa shape index (κ1) is 13.9. The van der Waals surface area contributed by atoms with E-state index in [1.165, 1.54) is 0 Å². The van der Waals surface area contributed by atoms with E-state index in [1.807, 2.05) is 0 Å². The summed E-state index contributed by atoms with van der Waals surface area (Å²) in [4.78, 5) is 0. The molecule has 0 fully saturated rings. The minimum atomic E-state index is 0. The van der Waals surface area contributed by atoms with Crippen molar-refractivity contribution in [3.63, 3.8) is 0 Å². The Bertz CT molecular complexity index is 94.2.